The van der Waals surface area contributed by atoms with Crippen molar-refractivity contribution in [2.45, 2.75) is 25.3 Å². The van der Waals surface area contributed by atoms with Gasteiger partial charge in [0.25, 0.3) is 0 Å². The lowest BCUT2D eigenvalue weighted by atomic mass is 9.78. The molecule has 1 aliphatic heterocycles. The fraction of sp³-hybridized carbons (Fsp3) is 0.538. The number of hydrogen-bond acceptors (Lipinski definition) is 2. The van der Waals surface area contributed by atoms with Crippen LogP contribution < -0.4 is 5.32 Å². The van der Waals surface area contributed by atoms with E-state index >= 15 is 0 Å². The quantitative estimate of drug-likeness (QED) is 0.766. The number of benzene rings is 1. The summed E-state index contributed by atoms with van der Waals surface area (Å²) in [6, 6.07) is 9.19. The maximum atomic E-state index is 9.22. The van der Waals surface area contributed by atoms with Gasteiger partial charge >= 0.3 is 0 Å². The number of aliphatic hydroxyl groups is 1. The molecule has 1 heterocycles. The summed E-state index contributed by atoms with van der Waals surface area (Å²) in [7, 11) is 0. The summed E-state index contributed by atoms with van der Waals surface area (Å²) in [5.41, 5.74) is 3.24. The van der Waals surface area contributed by atoms with E-state index in [0.29, 0.717) is 18.1 Å². The molecule has 0 saturated carbocycles. The molecule has 1 aliphatic carbocycles. The molecule has 1 aromatic carbocycles. The van der Waals surface area contributed by atoms with E-state index in [9.17, 15) is 5.11 Å². The zero-order valence-electron chi connectivity index (χ0n) is 8.87. The van der Waals surface area contributed by atoms with E-state index in [-0.39, 0.29) is 0 Å². The molecule has 2 atom stereocenters. The molecule has 2 N–H and O–H groups in total. The smallest absolute Gasteiger partial charge is 0.0437 e. The predicted octanol–water partition coefficient (Wildman–Crippen LogP) is 1.65. The molecular weight excluding hydrogens is 186 g/mol. The van der Waals surface area contributed by atoms with Gasteiger partial charge in [0, 0.05) is 12.6 Å². The molecule has 0 aromatic heterocycles. The van der Waals surface area contributed by atoms with Gasteiger partial charge in [-0.05, 0) is 42.3 Å². The summed E-state index contributed by atoms with van der Waals surface area (Å²) in [6.45, 7) is 1.41. The zero-order valence-corrected chi connectivity index (χ0v) is 8.87. The molecule has 80 valence electrons. The van der Waals surface area contributed by atoms with Gasteiger partial charge in [-0.1, -0.05) is 24.3 Å². The summed E-state index contributed by atoms with van der Waals surface area (Å²) in [4.78, 5) is 0. The average molecular weight is 203 g/mol. The van der Waals surface area contributed by atoms with Crippen molar-refractivity contribution in [2.75, 3.05) is 13.2 Å². The second-order valence-electron chi connectivity index (χ2n) is 4.85. The normalized spacial score (nSPS) is 32.7. The van der Waals surface area contributed by atoms with Crippen LogP contribution in [0.25, 0.3) is 0 Å². The van der Waals surface area contributed by atoms with Gasteiger partial charge in [0.15, 0.2) is 0 Å². The van der Waals surface area contributed by atoms with Crippen molar-refractivity contribution in [3.8, 4) is 0 Å². The summed E-state index contributed by atoms with van der Waals surface area (Å²) < 4.78 is 0. The van der Waals surface area contributed by atoms with E-state index < -0.39 is 0 Å². The van der Waals surface area contributed by atoms with Gasteiger partial charge in [-0.2, -0.15) is 0 Å². The number of fused-ring (bicyclic) bond motifs is 3. The van der Waals surface area contributed by atoms with Crippen LogP contribution in [0.4, 0.5) is 0 Å². The van der Waals surface area contributed by atoms with Crippen LogP contribution >= 0.6 is 0 Å². The zero-order chi connectivity index (χ0) is 10.3. The van der Waals surface area contributed by atoms with Gasteiger partial charge in [-0.15, -0.1) is 0 Å². The highest BCUT2D eigenvalue weighted by atomic mass is 16.3. The fourth-order valence-corrected chi connectivity index (χ4v) is 3.39. The van der Waals surface area contributed by atoms with Crippen molar-refractivity contribution in [1.82, 2.24) is 5.32 Å². The first-order valence-corrected chi connectivity index (χ1v) is 5.78. The Hall–Kier alpha value is -0.860. The van der Waals surface area contributed by atoms with Gasteiger partial charge < -0.3 is 10.4 Å². The molecule has 2 heteroatoms. The van der Waals surface area contributed by atoms with Crippen molar-refractivity contribution in [2.24, 2.45) is 5.41 Å². The van der Waals surface area contributed by atoms with Gasteiger partial charge in [0.2, 0.25) is 0 Å². The summed E-state index contributed by atoms with van der Waals surface area (Å²) in [5, 5.41) is 12.8. The minimum Gasteiger partial charge on any atom is -0.396 e. The van der Waals surface area contributed by atoms with E-state index in [0.717, 1.165) is 19.4 Å². The van der Waals surface area contributed by atoms with E-state index in [1.165, 1.54) is 17.5 Å². The Morgan fingerprint density at radius 2 is 2.27 bits per heavy atom. The van der Waals surface area contributed by atoms with Gasteiger partial charge in [-0.3, -0.25) is 0 Å². The third-order valence-corrected chi connectivity index (χ3v) is 4.10. The highest BCUT2D eigenvalue weighted by Gasteiger charge is 2.48. The van der Waals surface area contributed by atoms with Crippen molar-refractivity contribution < 1.29 is 5.11 Å². The van der Waals surface area contributed by atoms with E-state index in [1.807, 2.05) is 0 Å². The summed E-state index contributed by atoms with van der Waals surface area (Å²) in [6.07, 6.45) is 3.27. The van der Waals surface area contributed by atoms with E-state index in [2.05, 4.69) is 29.6 Å². The number of nitrogens with one attached hydrogen (secondary N) is 1. The second-order valence-corrected chi connectivity index (χ2v) is 4.85. The summed E-state index contributed by atoms with van der Waals surface area (Å²) in [5.74, 6) is 0. The van der Waals surface area contributed by atoms with Crippen molar-refractivity contribution in [1.29, 1.82) is 0 Å². The topological polar surface area (TPSA) is 32.3 Å². The first-order chi connectivity index (χ1) is 7.36. The van der Waals surface area contributed by atoms with Crippen LogP contribution in [-0.4, -0.2) is 18.3 Å². The second kappa shape index (κ2) is 3.32. The molecule has 2 nitrogen and oxygen atoms in total. The molecule has 0 bridgehead atoms. The first kappa shape index (κ1) is 9.37. The van der Waals surface area contributed by atoms with Crippen LogP contribution in [0.1, 0.15) is 30.0 Å². The minimum absolute atomic E-state index is 0.304. The molecular formula is C13H17NO. The summed E-state index contributed by atoms with van der Waals surface area (Å²) >= 11 is 0. The SMILES string of the molecule is OCCC12CCNC1c1ccccc1C2. The lowest BCUT2D eigenvalue weighted by molar-refractivity contribution is 0.174. The van der Waals surface area contributed by atoms with Crippen LogP contribution in [-0.2, 0) is 6.42 Å². The van der Waals surface area contributed by atoms with Crippen LogP contribution in [0.15, 0.2) is 24.3 Å². The fourth-order valence-electron chi connectivity index (χ4n) is 3.39. The van der Waals surface area contributed by atoms with Crippen LogP contribution in [0.5, 0.6) is 0 Å². The third-order valence-electron chi connectivity index (χ3n) is 4.10. The maximum Gasteiger partial charge on any atom is 0.0437 e. The Labute approximate surface area is 90.3 Å². The lowest BCUT2D eigenvalue weighted by Crippen LogP contribution is -2.26. The van der Waals surface area contributed by atoms with Gasteiger partial charge in [0.1, 0.15) is 0 Å². The van der Waals surface area contributed by atoms with Crippen molar-refractivity contribution >= 4 is 0 Å². The van der Waals surface area contributed by atoms with Crippen molar-refractivity contribution in [3.63, 3.8) is 0 Å². The Balaban J connectivity index is 2.01. The van der Waals surface area contributed by atoms with Crippen LogP contribution in [0.3, 0.4) is 0 Å². The molecule has 2 unspecified atom stereocenters. The lowest BCUT2D eigenvalue weighted by Gasteiger charge is -2.28. The van der Waals surface area contributed by atoms with Crippen LogP contribution in [0, 0.1) is 5.41 Å². The Morgan fingerprint density at radius 1 is 1.40 bits per heavy atom. The van der Waals surface area contributed by atoms with Gasteiger partial charge in [0.05, 0.1) is 0 Å². The van der Waals surface area contributed by atoms with Crippen LogP contribution in [0.2, 0.25) is 0 Å². The number of rotatable bonds is 2. The molecule has 1 saturated heterocycles. The molecule has 0 radical (unpaired) electrons. The van der Waals surface area contributed by atoms with E-state index in [4.69, 9.17) is 0 Å². The molecule has 2 aliphatic rings. The highest BCUT2D eigenvalue weighted by Crippen LogP contribution is 2.52. The third kappa shape index (κ3) is 1.25. The Bertz CT molecular complexity index is 377. The predicted molar refractivity (Wildman–Crippen MR) is 59.6 cm³/mol. The standard InChI is InChI=1S/C13H17NO/c15-8-6-13-5-7-14-12(13)11-4-2-1-3-10(11)9-13/h1-4,12,14-15H,5-9H2. The number of aliphatic hydroxyl groups excluding tert-OH is 1. The molecule has 3 rings (SSSR count). The monoisotopic (exact) mass is 203 g/mol. The minimum atomic E-state index is 0.304. The van der Waals surface area contributed by atoms with Gasteiger partial charge in [-0.25, -0.2) is 0 Å². The molecule has 0 amide bonds. The molecule has 15 heavy (non-hydrogen) atoms. The molecule has 1 fully saturated rings. The number of hydrogen-bond donors (Lipinski definition) is 2. The van der Waals surface area contributed by atoms with E-state index in [1.54, 1.807) is 0 Å². The average Bonchev–Trinajstić information content (AvgIpc) is 2.73. The molecule has 1 aromatic rings. The van der Waals surface area contributed by atoms with Crippen molar-refractivity contribution in [3.05, 3.63) is 35.4 Å². The highest BCUT2D eigenvalue weighted by molar-refractivity contribution is 5.39. The first-order valence-electron chi connectivity index (χ1n) is 5.78. The Kier molecular flexibility index (Phi) is 2.08. The molecule has 0 spiro atoms. The maximum absolute atomic E-state index is 9.22. The largest absolute Gasteiger partial charge is 0.396 e. The Morgan fingerprint density at radius 3 is 3.13 bits per heavy atom.